The van der Waals surface area contributed by atoms with Gasteiger partial charge in [-0.15, -0.1) is 11.3 Å². The molecule has 0 atom stereocenters. The number of fused-ring (bicyclic) bond motifs is 2. The summed E-state index contributed by atoms with van der Waals surface area (Å²) in [6.45, 7) is 4.87. The third kappa shape index (κ3) is 5.71. The van der Waals surface area contributed by atoms with E-state index >= 15 is 0 Å². The Balaban J connectivity index is 1.25. The first kappa shape index (κ1) is 25.4. The van der Waals surface area contributed by atoms with Crippen LogP contribution in [-0.2, 0) is 33.7 Å². The predicted molar refractivity (Wildman–Crippen MR) is 139 cm³/mol. The number of carbonyl (C=O) groups excluding carboxylic acids is 1. The first-order chi connectivity index (χ1) is 18.0. The Labute approximate surface area is 219 Å². The zero-order chi connectivity index (χ0) is 25.8. The Morgan fingerprint density at radius 3 is 2.57 bits per heavy atom. The Morgan fingerprint density at radius 1 is 1.16 bits per heavy atom. The molecule has 1 amide bonds. The molecule has 1 aliphatic carbocycles. The number of amides is 1. The second-order valence-electron chi connectivity index (χ2n) is 9.54. The number of carboxylic acids is 1. The van der Waals surface area contributed by atoms with E-state index in [0.717, 1.165) is 59.2 Å². The molecule has 0 saturated carbocycles. The maximum atomic E-state index is 13.3. The summed E-state index contributed by atoms with van der Waals surface area (Å²) in [6, 6.07) is 11.5. The lowest BCUT2D eigenvalue weighted by atomic mass is 9.80. The summed E-state index contributed by atoms with van der Waals surface area (Å²) >= 11 is 1.47. The summed E-state index contributed by atoms with van der Waals surface area (Å²) < 4.78 is 17.9. The second-order valence-corrected chi connectivity index (χ2v) is 10.7. The van der Waals surface area contributed by atoms with Crippen molar-refractivity contribution in [1.82, 2.24) is 15.2 Å². The summed E-state index contributed by atoms with van der Waals surface area (Å²) in [7, 11) is 1.61. The van der Waals surface area contributed by atoms with Gasteiger partial charge in [0.2, 0.25) is 5.91 Å². The minimum absolute atomic E-state index is 0.213. The van der Waals surface area contributed by atoms with Gasteiger partial charge in [-0.05, 0) is 24.0 Å². The zero-order valence-corrected chi connectivity index (χ0v) is 21.6. The number of carboxylic acid groups (broad SMARTS) is 1. The average Bonchev–Trinajstić information content (AvgIpc) is 3.47. The van der Waals surface area contributed by atoms with E-state index in [2.05, 4.69) is 10.2 Å². The van der Waals surface area contributed by atoms with Crippen molar-refractivity contribution in [3.8, 4) is 11.5 Å². The van der Waals surface area contributed by atoms with E-state index < -0.39 is 11.4 Å². The number of thiazole rings is 1. The van der Waals surface area contributed by atoms with Crippen molar-refractivity contribution in [2.45, 2.75) is 25.8 Å². The number of aliphatic carboxylic acids is 1. The second kappa shape index (κ2) is 11.0. The number of methoxy groups -OCH3 is 1. The molecular formula is C27H31N3O6S. The number of benzene rings is 2. The van der Waals surface area contributed by atoms with Gasteiger partial charge < -0.3 is 24.6 Å². The van der Waals surface area contributed by atoms with Crippen LogP contribution in [0.5, 0.6) is 11.5 Å². The summed E-state index contributed by atoms with van der Waals surface area (Å²) in [4.78, 5) is 32.0. The first-order valence-corrected chi connectivity index (χ1v) is 13.2. The highest BCUT2D eigenvalue weighted by atomic mass is 32.1. The Hall–Kier alpha value is -3.21. The summed E-state index contributed by atoms with van der Waals surface area (Å²) in [5.41, 5.74) is 1.85. The highest BCUT2D eigenvalue weighted by molar-refractivity contribution is 7.18. The lowest BCUT2D eigenvalue weighted by molar-refractivity contribution is -0.145. The van der Waals surface area contributed by atoms with Crippen LogP contribution >= 0.6 is 11.3 Å². The van der Waals surface area contributed by atoms with Crippen LogP contribution in [0.15, 0.2) is 36.4 Å². The van der Waals surface area contributed by atoms with Crippen LogP contribution in [0.2, 0.25) is 0 Å². The minimum atomic E-state index is -0.989. The molecule has 0 bridgehead atoms. The zero-order valence-electron chi connectivity index (χ0n) is 20.8. The first-order valence-electron chi connectivity index (χ1n) is 12.4. The minimum Gasteiger partial charge on any atom is -0.493 e. The topological polar surface area (TPSA) is 110 Å². The van der Waals surface area contributed by atoms with Gasteiger partial charge in [-0.2, -0.15) is 0 Å². The normalized spacial score (nSPS) is 16.9. The van der Waals surface area contributed by atoms with Gasteiger partial charge in [-0.25, -0.2) is 4.98 Å². The molecule has 1 fully saturated rings. The number of aromatic nitrogens is 1. The highest BCUT2D eigenvalue weighted by Gasteiger charge is 2.45. The van der Waals surface area contributed by atoms with Crippen molar-refractivity contribution >= 4 is 33.4 Å². The SMILES string of the molecule is COc1cc2sc(CNC(=O)C3(CC(=O)O)Cc4ccccc4C3)nc2cc1OCCN1CCOCC1. The van der Waals surface area contributed by atoms with Crippen LogP contribution in [-0.4, -0.2) is 73.4 Å². The van der Waals surface area contributed by atoms with Gasteiger partial charge in [0.15, 0.2) is 11.5 Å². The Kier molecular flexibility index (Phi) is 7.59. The van der Waals surface area contributed by atoms with E-state index in [-0.39, 0.29) is 18.9 Å². The molecule has 1 aromatic heterocycles. The number of ether oxygens (including phenoxy) is 3. The molecule has 5 rings (SSSR count). The van der Waals surface area contributed by atoms with Gasteiger partial charge in [0.05, 0.1) is 48.9 Å². The van der Waals surface area contributed by atoms with Gasteiger partial charge in [0.1, 0.15) is 11.6 Å². The Morgan fingerprint density at radius 2 is 1.89 bits per heavy atom. The smallest absolute Gasteiger partial charge is 0.304 e. The average molecular weight is 526 g/mol. The van der Waals surface area contributed by atoms with Crippen LogP contribution in [0.4, 0.5) is 0 Å². The molecular weight excluding hydrogens is 494 g/mol. The van der Waals surface area contributed by atoms with E-state index in [1.54, 1.807) is 7.11 Å². The van der Waals surface area contributed by atoms with Crippen molar-refractivity contribution < 1.29 is 28.9 Å². The van der Waals surface area contributed by atoms with Gasteiger partial charge >= 0.3 is 5.97 Å². The number of hydrogen-bond acceptors (Lipinski definition) is 8. The molecule has 0 spiro atoms. The molecule has 0 unspecified atom stereocenters. The molecule has 196 valence electrons. The standard InChI is InChI=1S/C27H31N3O6S/c1-34-21-13-23-20(12-22(21)36-11-8-30-6-9-35-10-7-30)29-24(37-23)17-28-26(33)27(16-25(31)32)14-18-4-2-3-5-19(18)15-27/h2-5,12-13H,6-11,14-17H2,1H3,(H,28,33)(H,31,32). The fourth-order valence-corrected chi connectivity index (χ4v) is 6.05. The maximum absolute atomic E-state index is 13.3. The molecule has 9 nitrogen and oxygen atoms in total. The number of morpholine rings is 1. The fourth-order valence-electron chi connectivity index (χ4n) is 5.13. The molecule has 1 saturated heterocycles. The van der Waals surface area contributed by atoms with Crippen LogP contribution in [0.3, 0.4) is 0 Å². The van der Waals surface area contributed by atoms with Gasteiger partial charge in [0.25, 0.3) is 0 Å². The maximum Gasteiger partial charge on any atom is 0.304 e. The number of nitrogens with one attached hydrogen (secondary N) is 1. The number of hydrogen-bond donors (Lipinski definition) is 2. The number of nitrogens with zero attached hydrogens (tertiary/aromatic N) is 2. The van der Waals surface area contributed by atoms with Crippen LogP contribution in [0.1, 0.15) is 22.6 Å². The van der Waals surface area contributed by atoms with Crippen LogP contribution in [0, 0.1) is 5.41 Å². The summed E-state index contributed by atoms with van der Waals surface area (Å²) in [6.07, 6.45) is 0.628. The quantitative estimate of drug-likeness (QED) is 0.416. The molecule has 2 N–H and O–H groups in total. The largest absolute Gasteiger partial charge is 0.493 e. The van der Waals surface area contributed by atoms with Gasteiger partial charge in [-0.1, -0.05) is 24.3 Å². The van der Waals surface area contributed by atoms with E-state index in [1.807, 2.05) is 36.4 Å². The van der Waals surface area contributed by atoms with Gasteiger partial charge in [0, 0.05) is 31.8 Å². The molecule has 3 aromatic rings. The number of carbonyl (C=O) groups is 2. The monoisotopic (exact) mass is 525 g/mol. The predicted octanol–water partition coefficient (Wildman–Crippen LogP) is 2.89. The van der Waals surface area contributed by atoms with Crippen molar-refractivity contribution in [3.05, 3.63) is 52.5 Å². The summed E-state index contributed by atoms with van der Waals surface area (Å²) in [5, 5.41) is 13.2. The molecule has 2 heterocycles. The van der Waals surface area contributed by atoms with E-state index in [4.69, 9.17) is 19.2 Å². The van der Waals surface area contributed by atoms with E-state index in [0.29, 0.717) is 30.9 Å². The molecule has 2 aromatic carbocycles. The summed E-state index contributed by atoms with van der Waals surface area (Å²) in [5.74, 6) is 0.0392. The third-order valence-electron chi connectivity index (χ3n) is 7.03. The lowest BCUT2D eigenvalue weighted by Gasteiger charge is -2.26. The molecule has 1 aliphatic heterocycles. The van der Waals surface area contributed by atoms with Crippen molar-refractivity contribution in [1.29, 1.82) is 0 Å². The van der Waals surface area contributed by atoms with Crippen molar-refractivity contribution in [2.75, 3.05) is 46.6 Å². The molecule has 0 radical (unpaired) electrons. The fraction of sp³-hybridized carbons (Fsp3) is 0.444. The number of rotatable bonds is 10. The highest BCUT2D eigenvalue weighted by Crippen LogP contribution is 2.40. The molecule has 37 heavy (non-hydrogen) atoms. The van der Waals surface area contributed by atoms with Gasteiger partial charge in [-0.3, -0.25) is 14.5 Å². The third-order valence-corrected chi connectivity index (χ3v) is 8.05. The van der Waals surface area contributed by atoms with Crippen molar-refractivity contribution in [3.63, 3.8) is 0 Å². The van der Waals surface area contributed by atoms with Crippen LogP contribution in [0.25, 0.3) is 10.2 Å². The van der Waals surface area contributed by atoms with Crippen molar-refractivity contribution in [2.24, 2.45) is 5.41 Å². The Bertz CT molecular complexity index is 1260. The lowest BCUT2D eigenvalue weighted by Crippen LogP contribution is -2.43. The molecule has 10 heteroatoms. The van der Waals surface area contributed by atoms with E-state index in [1.165, 1.54) is 11.3 Å². The van der Waals surface area contributed by atoms with Crippen LogP contribution < -0.4 is 14.8 Å². The van der Waals surface area contributed by atoms with E-state index in [9.17, 15) is 14.7 Å². The molecule has 2 aliphatic rings.